The van der Waals surface area contributed by atoms with E-state index >= 15 is 0 Å². The number of aryl methyl sites for hydroxylation is 1. The summed E-state index contributed by atoms with van der Waals surface area (Å²) in [5, 5.41) is 0. The van der Waals surface area contributed by atoms with Crippen LogP contribution in [0.3, 0.4) is 0 Å². The number of aromatic nitrogens is 1. The maximum absolute atomic E-state index is 11.9. The van der Waals surface area contributed by atoms with Gasteiger partial charge in [-0.3, -0.25) is 4.79 Å². The summed E-state index contributed by atoms with van der Waals surface area (Å²) in [7, 11) is 0. The molecule has 2 N–H and O–H groups in total. The highest BCUT2D eigenvalue weighted by Crippen LogP contribution is 2.34. The fourth-order valence-electron chi connectivity index (χ4n) is 2.28. The van der Waals surface area contributed by atoms with Crippen LogP contribution in [0.15, 0.2) is 35.1 Å². The lowest BCUT2D eigenvalue weighted by molar-refractivity contribution is 0.171. The van der Waals surface area contributed by atoms with Gasteiger partial charge in [-0.15, -0.1) is 0 Å². The lowest BCUT2D eigenvalue weighted by Gasteiger charge is -2.20. The fraction of sp³-hybridized carbons (Fsp3) is 0.267. The van der Waals surface area contributed by atoms with Crippen molar-refractivity contribution in [3.05, 3.63) is 51.9 Å². The van der Waals surface area contributed by atoms with Crippen LogP contribution in [-0.4, -0.2) is 17.8 Å². The van der Waals surface area contributed by atoms with Crippen molar-refractivity contribution in [2.24, 2.45) is 0 Å². The average Bonchev–Trinajstić information content (AvgIpc) is 2.43. The summed E-state index contributed by atoms with van der Waals surface area (Å²) in [6, 6.07) is 8.80. The number of nitrogen functional groups attached to an aromatic ring is 1. The Kier molecular flexibility index (Phi) is 3.10. The van der Waals surface area contributed by atoms with Crippen molar-refractivity contribution in [3.63, 3.8) is 0 Å². The number of hydrogen-bond acceptors (Lipinski definition) is 4. The summed E-state index contributed by atoms with van der Waals surface area (Å²) >= 11 is 0. The van der Waals surface area contributed by atoms with E-state index in [0.717, 1.165) is 11.3 Å². The van der Waals surface area contributed by atoms with Gasteiger partial charge in [0.2, 0.25) is 0 Å². The molecule has 2 aromatic rings. The molecule has 3 rings (SSSR count). The predicted octanol–water partition coefficient (Wildman–Crippen LogP) is 1.56. The number of fused-ring (bicyclic) bond motifs is 1. The molecule has 0 amide bonds. The Morgan fingerprint density at radius 1 is 1.20 bits per heavy atom. The van der Waals surface area contributed by atoms with Crippen LogP contribution in [0.4, 0.5) is 5.69 Å². The summed E-state index contributed by atoms with van der Waals surface area (Å²) < 4.78 is 12.7. The Balaban J connectivity index is 2.01. The topological polar surface area (TPSA) is 66.5 Å². The molecular weight excluding hydrogens is 256 g/mol. The van der Waals surface area contributed by atoms with Gasteiger partial charge in [0.25, 0.3) is 5.56 Å². The highest BCUT2D eigenvalue weighted by molar-refractivity contribution is 5.58. The van der Waals surface area contributed by atoms with E-state index in [4.69, 9.17) is 15.2 Å². The van der Waals surface area contributed by atoms with Gasteiger partial charge in [-0.25, -0.2) is 0 Å². The van der Waals surface area contributed by atoms with E-state index in [0.29, 0.717) is 36.9 Å². The van der Waals surface area contributed by atoms with Crippen molar-refractivity contribution in [2.75, 3.05) is 18.9 Å². The molecule has 5 nitrogen and oxygen atoms in total. The van der Waals surface area contributed by atoms with E-state index in [-0.39, 0.29) is 5.56 Å². The van der Waals surface area contributed by atoms with E-state index in [9.17, 15) is 4.79 Å². The average molecular weight is 272 g/mol. The first-order chi connectivity index (χ1) is 9.65. The van der Waals surface area contributed by atoms with Crippen LogP contribution in [0, 0.1) is 6.92 Å². The summed E-state index contributed by atoms with van der Waals surface area (Å²) in [5.74, 6) is 1.34. The van der Waals surface area contributed by atoms with Crippen LogP contribution in [0.1, 0.15) is 11.3 Å². The maximum Gasteiger partial charge on any atom is 0.251 e. The largest absolute Gasteiger partial charge is 0.486 e. The normalized spacial score (nSPS) is 13.2. The summed E-state index contributed by atoms with van der Waals surface area (Å²) in [6.45, 7) is 3.38. The first-order valence-electron chi connectivity index (χ1n) is 6.49. The lowest BCUT2D eigenvalue weighted by Crippen LogP contribution is -2.22. The van der Waals surface area contributed by atoms with E-state index < -0.39 is 0 Å². The van der Waals surface area contributed by atoms with E-state index in [1.165, 1.54) is 0 Å². The summed E-state index contributed by atoms with van der Waals surface area (Å²) in [4.78, 5) is 11.9. The van der Waals surface area contributed by atoms with Gasteiger partial charge in [-0.1, -0.05) is 6.07 Å². The van der Waals surface area contributed by atoms with Gasteiger partial charge in [-0.05, 0) is 24.6 Å². The molecule has 0 saturated heterocycles. The van der Waals surface area contributed by atoms with Crippen molar-refractivity contribution >= 4 is 5.69 Å². The molecule has 1 aliphatic heterocycles. The molecule has 0 atom stereocenters. The highest BCUT2D eigenvalue weighted by atomic mass is 16.6. The smallest absolute Gasteiger partial charge is 0.251 e. The highest BCUT2D eigenvalue weighted by Gasteiger charge is 2.15. The first kappa shape index (κ1) is 12.6. The Morgan fingerprint density at radius 3 is 2.60 bits per heavy atom. The van der Waals surface area contributed by atoms with Crippen LogP contribution in [0.25, 0.3) is 0 Å². The number of anilines is 1. The molecule has 0 aliphatic carbocycles. The molecule has 1 aliphatic rings. The zero-order valence-electron chi connectivity index (χ0n) is 11.3. The number of rotatable bonds is 2. The van der Waals surface area contributed by atoms with E-state index in [1.807, 2.05) is 19.1 Å². The number of benzene rings is 1. The van der Waals surface area contributed by atoms with Gasteiger partial charge in [0.05, 0.1) is 6.54 Å². The van der Waals surface area contributed by atoms with Crippen molar-refractivity contribution in [1.82, 2.24) is 4.57 Å². The third kappa shape index (κ3) is 2.22. The Morgan fingerprint density at radius 2 is 1.90 bits per heavy atom. The molecule has 0 bridgehead atoms. The Labute approximate surface area is 116 Å². The quantitative estimate of drug-likeness (QED) is 0.842. The van der Waals surface area contributed by atoms with Crippen LogP contribution in [0.2, 0.25) is 0 Å². The van der Waals surface area contributed by atoms with Crippen molar-refractivity contribution in [3.8, 4) is 11.5 Å². The molecule has 1 aromatic heterocycles. The Bertz CT molecular complexity index is 707. The third-order valence-corrected chi connectivity index (χ3v) is 3.40. The minimum atomic E-state index is -0.0423. The molecule has 0 radical (unpaired) electrons. The number of pyridine rings is 1. The van der Waals surface area contributed by atoms with E-state index in [2.05, 4.69) is 0 Å². The maximum atomic E-state index is 11.9. The number of nitrogens with zero attached hydrogens (tertiary/aromatic N) is 1. The van der Waals surface area contributed by atoms with Gasteiger partial charge in [-0.2, -0.15) is 0 Å². The second-order valence-electron chi connectivity index (χ2n) is 4.79. The molecule has 1 aromatic carbocycles. The van der Waals surface area contributed by atoms with Crippen LogP contribution in [0.5, 0.6) is 11.5 Å². The van der Waals surface area contributed by atoms with Gasteiger partial charge in [0.15, 0.2) is 11.5 Å². The number of nitrogens with two attached hydrogens (primary N) is 1. The van der Waals surface area contributed by atoms with Crippen molar-refractivity contribution in [2.45, 2.75) is 13.5 Å². The summed E-state index contributed by atoms with van der Waals surface area (Å²) in [6.07, 6.45) is 0. The monoisotopic (exact) mass is 272 g/mol. The SMILES string of the molecule is Cc1cccc(=O)n1Cc1cc2c(cc1N)OCCO2. The van der Waals surface area contributed by atoms with Gasteiger partial charge in [0.1, 0.15) is 13.2 Å². The fourth-order valence-corrected chi connectivity index (χ4v) is 2.28. The predicted molar refractivity (Wildman–Crippen MR) is 76.4 cm³/mol. The lowest BCUT2D eigenvalue weighted by atomic mass is 10.1. The van der Waals surface area contributed by atoms with Gasteiger partial charge in [0, 0.05) is 23.5 Å². The van der Waals surface area contributed by atoms with Crippen molar-refractivity contribution < 1.29 is 9.47 Å². The molecule has 0 unspecified atom stereocenters. The van der Waals surface area contributed by atoms with Gasteiger partial charge >= 0.3 is 0 Å². The molecule has 2 heterocycles. The zero-order valence-corrected chi connectivity index (χ0v) is 11.3. The van der Waals surface area contributed by atoms with Crippen molar-refractivity contribution in [1.29, 1.82) is 0 Å². The molecule has 104 valence electrons. The molecule has 20 heavy (non-hydrogen) atoms. The van der Waals surface area contributed by atoms with Gasteiger partial charge < -0.3 is 19.8 Å². The summed E-state index contributed by atoms with van der Waals surface area (Å²) in [5.41, 5.74) is 8.35. The second-order valence-corrected chi connectivity index (χ2v) is 4.79. The van der Waals surface area contributed by atoms with Crippen LogP contribution >= 0.6 is 0 Å². The first-order valence-corrected chi connectivity index (χ1v) is 6.49. The van der Waals surface area contributed by atoms with Crippen LogP contribution < -0.4 is 20.8 Å². The molecule has 5 heteroatoms. The Hall–Kier alpha value is -2.43. The second kappa shape index (κ2) is 4.92. The van der Waals surface area contributed by atoms with E-state index in [1.54, 1.807) is 22.8 Å². The third-order valence-electron chi connectivity index (χ3n) is 3.40. The molecular formula is C15H16N2O3. The number of hydrogen-bond donors (Lipinski definition) is 1. The molecule has 0 fully saturated rings. The molecule has 0 spiro atoms. The molecule has 0 saturated carbocycles. The minimum Gasteiger partial charge on any atom is -0.486 e. The zero-order chi connectivity index (χ0) is 14.1. The standard InChI is InChI=1S/C15H16N2O3/c1-10-3-2-4-15(18)17(10)9-11-7-13-14(8-12(11)16)20-6-5-19-13/h2-4,7-8H,5-6,9,16H2,1H3. The minimum absolute atomic E-state index is 0.0423. The van der Waals surface area contributed by atoms with Crippen LogP contribution in [-0.2, 0) is 6.54 Å². The number of ether oxygens (including phenoxy) is 2.